The maximum Gasteiger partial charge on any atom is 0.191 e. The number of ether oxygens (including phenoxy) is 1. The van der Waals surface area contributed by atoms with Crippen LogP contribution in [-0.2, 0) is 4.74 Å². The van der Waals surface area contributed by atoms with Gasteiger partial charge in [-0.05, 0) is 37.8 Å². The van der Waals surface area contributed by atoms with Gasteiger partial charge >= 0.3 is 0 Å². The van der Waals surface area contributed by atoms with Gasteiger partial charge in [-0.3, -0.25) is 9.89 Å². The number of hydrogen-bond donors (Lipinski definition) is 2. The normalized spacial score (nSPS) is 17.1. The van der Waals surface area contributed by atoms with Crippen LogP contribution in [0, 0.1) is 5.82 Å². The quantitative estimate of drug-likeness (QED) is 0.336. The van der Waals surface area contributed by atoms with Crippen molar-refractivity contribution >= 4 is 41.7 Å². The van der Waals surface area contributed by atoms with Crippen LogP contribution in [-0.4, -0.2) is 68.3 Å². The SMILES string of the molecule is CN=C(NCC(c1cccc(F)c1)N1CCOCC1)NCC(C)(C)SC.I. The Labute approximate surface area is 183 Å². The van der Waals surface area contributed by atoms with Crippen LogP contribution >= 0.6 is 35.7 Å². The number of nitrogens with zero attached hydrogens (tertiary/aromatic N) is 2. The van der Waals surface area contributed by atoms with Crippen molar-refractivity contribution in [1.82, 2.24) is 15.5 Å². The van der Waals surface area contributed by atoms with Crippen LogP contribution in [0.2, 0.25) is 0 Å². The molecule has 8 heteroatoms. The second-order valence-corrected chi connectivity index (χ2v) is 8.50. The van der Waals surface area contributed by atoms with Gasteiger partial charge in [-0.15, -0.1) is 24.0 Å². The van der Waals surface area contributed by atoms with E-state index in [2.05, 4.69) is 40.6 Å². The summed E-state index contributed by atoms with van der Waals surface area (Å²) in [6, 6.07) is 6.93. The van der Waals surface area contributed by atoms with Crippen molar-refractivity contribution in [2.24, 2.45) is 4.99 Å². The molecule has 1 saturated heterocycles. The molecule has 154 valence electrons. The van der Waals surface area contributed by atoms with Crippen molar-refractivity contribution in [3.8, 4) is 0 Å². The summed E-state index contributed by atoms with van der Waals surface area (Å²) < 4.78 is 19.3. The Morgan fingerprint density at radius 2 is 2.04 bits per heavy atom. The Balaban J connectivity index is 0.00000364. The van der Waals surface area contributed by atoms with Crippen LogP contribution in [0.15, 0.2) is 29.3 Å². The minimum atomic E-state index is -0.204. The summed E-state index contributed by atoms with van der Waals surface area (Å²) in [5, 5.41) is 6.79. The van der Waals surface area contributed by atoms with Gasteiger partial charge in [0.25, 0.3) is 0 Å². The molecule has 2 N–H and O–H groups in total. The molecule has 1 aliphatic rings. The summed E-state index contributed by atoms with van der Waals surface area (Å²) in [5.74, 6) is 0.562. The first-order valence-corrected chi connectivity index (χ1v) is 10.2. The van der Waals surface area contributed by atoms with Crippen LogP contribution in [0.3, 0.4) is 0 Å². The maximum absolute atomic E-state index is 13.7. The molecule has 0 amide bonds. The zero-order valence-electron chi connectivity index (χ0n) is 16.6. The first kappa shape index (κ1) is 24.5. The molecule has 1 aromatic carbocycles. The highest BCUT2D eigenvalue weighted by atomic mass is 127. The molecule has 2 rings (SSSR count). The summed E-state index contributed by atoms with van der Waals surface area (Å²) >= 11 is 1.82. The number of halogens is 2. The smallest absolute Gasteiger partial charge is 0.191 e. The number of morpholine rings is 1. The molecular formula is C19H32FIN4OS. The highest BCUT2D eigenvalue weighted by molar-refractivity contribution is 14.0. The summed E-state index contributed by atoms with van der Waals surface area (Å²) in [7, 11) is 1.77. The molecule has 1 atom stereocenters. The standard InChI is InChI=1S/C19H31FN4OS.HI/c1-19(2,26-4)14-23-18(21-3)22-13-17(24-8-10-25-11-9-24)15-6-5-7-16(20)12-15;/h5-7,12,17H,8-11,13-14H2,1-4H3,(H2,21,22,23);1H. The lowest BCUT2D eigenvalue weighted by atomic mass is 10.0. The van der Waals surface area contributed by atoms with Gasteiger partial charge in [-0.2, -0.15) is 11.8 Å². The predicted octanol–water partition coefficient (Wildman–Crippen LogP) is 3.12. The van der Waals surface area contributed by atoms with E-state index in [4.69, 9.17) is 4.74 Å². The van der Waals surface area contributed by atoms with Crippen LogP contribution in [0.25, 0.3) is 0 Å². The molecule has 1 unspecified atom stereocenters. The van der Waals surface area contributed by atoms with E-state index >= 15 is 0 Å². The van der Waals surface area contributed by atoms with Crippen LogP contribution in [0.1, 0.15) is 25.5 Å². The lowest BCUT2D eigenvalue weighted by molar-refractivity contribution is 0.0169. The minimum absolute atomic E-state index is 0. The topological polar surface area (TPSA) is 48.9 Å². The van der Waals surface area contributed by atoms with Crippen molar-refractivity contribution in [2.75, 3.05) is 52.7 Å². The van der Waals surface area contributed by atoms with Crippen molar-refractivity contribution < 1.29 is 9.13 Å². The van der Waals surface area contributed by atoms with Gasteiger partial charge in [0.15, 0.2) is 5.96 Å². The van der Waals surface area contributed by atoms with Crippen molar-refractivity contribution in [2.45, 2.75) is 24.6 Å². The molecule has 1 aliphatic heterocycles. The van der Waals surface area contributed by atoms with E-state index in [1.165, 1.54) is 6.07 Å². The molecule has 1 heterocycles. The third-order valence-corrected chi connectivity index (χ3v) is 5.89. The molecule has 1 fully saturated rings. The van der Waals surface area contributed by atoms with E-state index in [9.17, 15) is 4.39 Å². The summed E-state index contributed by atoms with van der Waals surface area (Å²) in [6.07, 6.45) is 2.11. The third-order valence-electron chi connectivity index (χ3n) is 4.64. The third kappa shape index (κ3) is 8.13. The fourth-order valence-corrected chi connectivity index (χ4v) is 3.06. The predicted molar refractivity (Wildman–Crippen MR) is 124 cm³/mol. The highest BCUT2D eigenvalue weighted by Gasteiger charge is 2.23. The highest BCUT2D eigenvalue weighted by Crippen LogP contribution is 2.22. The van der Waals surface area contributed by atoms with E-state index in [0.717, 1.165) is 31.2 Å². The minimum Gasteiger partial charge on any atom is -0.379 e. The van der Waals surface area contributed by atoms with E-state index in [0.29, 0.717) is 19.8 Å². The molecule has 0 spiro atoms. The van der Waals surface area contributed by atoms with Crippen LogP contribution in [0.5, 0.6) is 0 Å². The zero-order chi connectivity index (χ0) is 19.0. The molecular weight excluding hydrogens is 478 g/mol. The molecule has 5 nitrogen and oxygen atoms in total. The van der Waals surface area contributed by atoms with Crippen molar-refractivity contribution in [3.63, 3.8) is 0 Å². The Morgan fingerprint density at radius 1 is 1.33 bits per heavy atom. The Hall–Kier alpha value is -0.580. The van der Waals surface area contributed by atoms with Gasteiger partial charge in [0.05, 0.1) is 19.3 Å². The number of benzene rings is 1. The average Bonchev–Trinajstić information content (AvgIpc) is 2.65. The fourth-order valence-electron chi connectivity index (χ4n) is 2.84. The summed E-state index contributed by atoms with van der Waals surface area (Å²) in [4.78, 5) is 6.66. The second-order valence-electron chi connectivity index (χ2n) is 6.99. The molecule has 0 aliphatic carbocycles. The monoisotopic (exact) mass is 510 g/mol. The van der Waals surface area contributed by atoms with Gasteiger partial charge in [0, 0.05) is 38.0 Å². The first-order chi connectivity index (χ1) is 12.4. The van der Waals surface area contributed by atoms with Gasteiger partial charge in [0.1, 0.15) is 5.82 Å². The van der Waals surface area contributed by atoms with Crippen LogP contribution < -0.4 is 10.6 Å². The Kier molecular flexibility index (Phi) is 10.9. The molecule has 0 aromatic heterocycles. The number of thioether (sulfide) groups is 1. The number of rotatable bonds is 7. The molecule has 1 aromatic rings. The molecule has 0 bridgehead atoms. The van der Waals surface area contributed by atoms with Crippen molar-refractivity contribution in [1.29, 1.82) is 0 Å². The fraction of sp³-hybridized carbons (Fsp3) is 0.632. The summed E-state index contributed by atoms with van der Waals surface area (Å²) in [5.41, 5.74) is 0.972. The molecule has 27 heavy (non-hydrogen) atoms. The molecule has 0 saturated carbocycles. The van der Waals surface area contributed by atoms with E-state index in [1.807, 2.05) is 17.8 Å². The number of nitrogens with one attached hydrogen (secondary N) is 2. The Bertz CT molecular complexity index is 597. The van der Waals surface area contributed by atoms with Gasteiger partial charge in [0.2, 0.25) is 0 Å². The van der Waals surface area contributed by atoms with Crippen LogP contribution in [0.4, 0.5) is 4.39 Å². The number of hydrogen-bond acceptors (Lipinski definition) is 4. The second kappa shape index (κ2) is 12.1. The lowest BCUT2D eigenvalue weighted by Crippen LogP contribution is -2.48. The van der Waals surface area contributed by atoms with E-state index in [-0.39, 0.29) is 40.6 Å². The van der Waals surface area contributed by atoms with Gasteiger partial charge in [-0.25, -0.2) is 4.39 Å². The average molecular weight is 510 g/mol. The molecule has 0 radical (unpaired) electrons. The Morgan fingerprint density at radius 3 is 2.63 bits per heavy atom. The van der Waals surface area contributed by atoms with E-state index in [1.54, 1.807) is 19.2 Å². The lowest BCUT2D eigenvalue weighted by Gasteiger charge is -2.35. The zero-order valence-corrected chi connectivity index (χ0v) is 19.8. The number of guanidine groups is 1. The van der Waals surface area contributed by atoms with Gasteiger partial charge < -0.3 is 15.4 Å². The van der Waals surface area contributed by atoms with Gasteiger partial charge in [-0.1, -0.05) is 12.1 Å². The largest absolute Gasteiger partial charge is 0.379 e. The summed E-state index contributed by atoms with van der Waals surface area (Å²) in [6.45, 7) is 8.96. The number of aliphatic imine (C=N–C) groups is 1. The first-order valence-electron chi connectivity index (χ1n) is 9.02. The van der Waals surface area contributed by atoms with Crippen molar-refractivity contribution in [3.05, 3.63) is 35.6 Å². The van der Waals surface area contributed by atoms with E-state index < -0.39 is 0 Å². The maximum atomic E-state index is 13.7.